The summed E-state index contributed by atoms with van der Waals surface area (Å²) >= 11 is 1.75. The van der Waals surface area contributed by atoms with Crippen molar-refractivity contribution in [3.8, 4) is 5.88 Å². The summed E-state index contributed by atoms with van der Waals surface area (Å²) in [6.45, 7) is 5.68. The molecule has 2 aromatic heterocycles. The smallest absolute Gasteiger partial charge is 0.218 e. The van der Waals surface area contributed by atoms with Gasteiger partial charge in [-0.2, -0.15) is 0 Å². The summed E-state index contributed by atoms with van der Waals surface area (Å²) in [6.07, 6.45) is 7.93. The summed E-state index contributed by atoms with van der Waals surface area (Å²) in [5.41, 5.74) is 2.35. The van der Waals surface area contributed by atoms with Crippen molar-refractivity contribution in [1.82, 2.24) is 15.0 Å². The second-order valence-corrected chi connectivity index (χ2v) is 8.96. The maximum atomic E-state index is 6.19. The van der Waals surface area contributed by atoms with Gasteiger partial charge in [-0.1, -0.05) is 36.8 Å². The van der Waals surface area contributed by atoms with Gasteiger partial charge >= 0.3 is 0 Å². The molecule has 4 rings (SSSR count). The number of nitrogens with zero attached hydrogens (tertiary/aromatic N) is 4. The maximum Gasteiger partial charge on any atom is 0.218 e. The van der Waals surface area contributed by atoms with E-state index in [4.69, 9.17) is 4.74 Å². The van der Waals surface area contributed by atoms with E-state index in [0.717, 1.165) is 42.5 Å². The lowest BCUT2D eigenvalue weighted by Crippen LogP contribution is -2.24. The fourth-order valence-electron chi connectivity index (χ4n) is 3.84. The number of thiazole rings is 1. The molecule has 1 fully saturated rings. The van der Waals surface area contributed by atoms with Crippen molar-refractivity contribution in [1.29, 1.82) is 0 Å². The topological polar surface area (TPSA) is 51.1 Å². The number of anilines is 1. The lowest BCUT2D eigenvalue weighted by Gasteiger charge is -2.25. The number of ether oxygens (including phenoxy) is 1. The minimum absolute atomic E-state index is 0.278. The molecular weight excluding hydrogens is 380 g/mol. The van der Waals surface area contributed by atoms with Crippen LogP contribution in [0.3, 0.4) is 0 Å². The van der Waals surface area contributed by atoms with Crippen molar-refractivity contribution < 1.29 is 4.74 Å². The summed E-state index contributed by atoms with van der Waals surface area (Å²) in [5, 5.41) is 1.10. The van der Waals surface area contributed by atoms with Crippen molar-refractivity contribution in [2.45, 2.75) is 65.1 Å². The van der Waals surface area contributed by atoms with Gasteiger partial charge in [0.2, 0.25) is 5.88 Å². The van der Waals surface area contributed by atoms with E-state index in [2.05, 4.69) is 58.0 Å². The van der Waals surface area contributed by atoms with Crippen molar-refractivity contribution in [2.75, 3.05) is 4.90 Å². The molecule has 0 bridgehead atoms. The Morgan fingerprint density at radius 1 is 1.03 bits per heavy atom. The third-order valence-corrected chi connectivity index (χ3v) is 6.40. The van der Waals surface area contributed by atoms with Crippen LogP contribution in [0.25, 0.3) is 0 Å². The number of hydrogen-bond acceptors (Lipinski definition) is 6. The highest BCUT2D eigenvalue weighted by Crippen LogP contribution is 2.27. The number of aryl methyl sites for hydroxylation is 2. The van der Waals surface area contributed by atoms with Gasteiger partial charge in [-0.3, -0.25) is 0 Å². The SMILES string of the molecule is Cc1nc(C)c(CN(Cc2ccccc2)c2cc(OC3CCCCC3)ncn2)s1. The van der Waals surface area contributed by atoms with Crippen LogP contribution >= 0.6 is 11.3 Å². The first-order valence-corrected chi connectivity index (χ1v) is 11.2. The van der Waals surface area contributed by atoms with E-state index in [0.29, 0.717) is 5.88 Å². The molecule has 5 nitrogen and oxygen atoms in total. The van der Waals surface area contributed by atoms with Crippen molar-refractivity contribution in [3.05, 3.63) is 63.9 Å². The molecule has 1 saturated carbocycles. The van der Waals surface area contributed by atoms with E-state index >= 15 is 0 Å². The van der Waals surface area contributed by atoms with Gasteiger partial charge in [0, 0.05) is 17.5 Å². The zero-order valence-corrected chi connectivity index (χ0v) is 18.0. The molecular formula is C23H28N4OS. The number of hydrogen-bond donors (Lipinski definition) is 0. The second-order valence-electron chi connectivity index (χ2n) is 7.68. The molecule has 1 aromatic carbocycles. The van der Waals surface area contributed by atoms with Gasteiger partial charge in [-0.15, -0.1) is 11.3 Å². The summed E-state index contributed by atoms with van der Waals surface area (Å²) < 4.78 is 6.19. The Bertz CT molecular complexity index is 922. The molecule has 0 radical (unpaired) electrons. The van der Waals surface area contributed by atoms with Crippen LogP contribution in [-0.4, -0.2) is 21.1 Å². The third kappa shape index (κ3) is 5.32. The molecule has 29 heavy (non-hydrogen) atoms. The molecule has 6 heteroatoms. The molecule has 0 N–H and O–H groups in total. The van der Waals surface area contributed by atoms with Gasteiger partial charge in [0.1, 0.15) is 18.2 Å². The van der Waals surface area contributed by atoms with Crippen LogP contribution in [0, 0.1) is 13.8 Å². The monoisotopic (exact) mass is 408 g/mol. The number of aromatic nitrogens is 3. The summed E-state index contributed by atoms with van der Waals surface area (Å²) in [4.78, 5) is 17.1. The van der Waals surface area contributed by atoms with Gasteiger partial charge in [-0.05, 0) is 45.1 Å². The highest BCUT2D eigenvalue weighted by atomic mass is 32.1. The van der Waals surface area contributed by atoms with Crippen LogP contribution in [0.2, 0.25) is 0 Å². The predicted octanol–water partition coefficient (Wildman–Crippen LogP) is 5.47. The molecule has 0 unspecified atom stereocenters. The second kappa shape index (κ2) is 9.35. The average molecular weight is 409 g/mol. The first kappa shape index (κ1) is 19.8. The van der Waals surface area contributed by atoms with Gasteiger partial charge in [0.15, 0.2) is 0 Å². The molecule has 1 aliphatic carbocycles. The molecule has 3 aromatic rings. The van der Waals surface area contributed by atoms with E-state index in [1.54, 1.807) is 17.7 Å². The minimum atomic E-state index is 0.278. The molecule has 0 amide bonds. The highest BCUT2D eigenvalue weighted by molar-refractivity contribution is 7.11. The molecule has 0 spiro atoms. The minimum Gasteiger partial charge on any atom is -0.474 e. The quantitative estimate of drug-likeness (QED) is 0.519. The third-order valence-electron chi connectivity index (χ3n) is 5.34. The van der Waals surface area contributed by atoms with Gasteiger partial charge in [0.25, 0.3) is 0 Å². The lowest BCUT2D eigenvalue weighted by atomic mass is 9.98. The van der Waals surface area contributed by atoms with Crippen molar-refractivity contribution in [3.63, 3.8) is 0 Å². The zero-order chi connectivity index (χ0) is 20.1. The Morgan fingerprint density at radius 2 is 1.83 bits per heavy atom. The van der Waals surface area contributed by atoms with Crippen LogP contribution in [-0.2, 0) is 13.1 Å². The van der Waals surface area contributed by atoms with E-state index in [1.807, 2.05) is 12.1 Å². The van der Waals surface area contributed by atoms with Crippen LogP contribution < -0.4 is 9.64 Å². The summed E-state index contributed by atoms with van der Waals surface area (Å²) in [5.74, 6) is 1.57. The Balaban J connectivity index is 1.57. The van der Waals surface area contributed by atoms with E-state index in [1.165, 1.54) is 29.7 Å². The Morgan fingerprint density at radius 3 is 2.55 bits per heavy atom. The summed E-state index contributed by atoms with van der Waals surface area (Å²) in [6, 6.07) is 12.5. The van der Waals surface area contributed by atoms with Crippen molar-refractivity contribution >= 4 is 17.2 Å². The molecule has 0 saturated heterocycles. The van der Waals surface area contributed by atoms with Gasteiger partial charge in [0.05, 0.1) is 17.2 Å². The number of benzene rings is 1. The fourth-order valence-corrected chi connectivity index (χ4v) is 4.79. The molecule has 1 aliphatic rings. The first-order valence-electron chi connectivity index (χ1n) is 10.4. The van der Waals surface area contributed by atoms with Crippen LogP contribution in [0.1, 0.15) is 53.2 Å². The molecule has 0 atom stereocenters. The summed E-state index contributed by atoms with van der Waals surface area (Å²) in [7, 11) is 0. The molecule has 2 heterocycles. The molecule has 152 valence electrons. The maximum absolute atomic E-state index is 6.19. The normalized spacial score (nSPS) is 14.7. The van der Waals surface area contributed by atoms with Crippen molar-refractivity contribution in [2.24, 2.45) is 0 Å². The average Bonchev–Trinajstić information content (AvgIpc) is 3.06. The number of rotatable bonds is 7. The zero-order valence-electron chi connectivity index (χ0n) is 17.2. The first-order chi connectivity index (χ1) is 14.2. The Kier molecular flexibility index (Phi) is 6.39. The molecule has 0 aliphatic heterocycles. The Hall–Kier alpha value is -2.47. The van der Waals surface area contributed by atoms with E-state index in [9.17, 15) is 0 Å². The van der Waals surface area contributed by atoms with Crippen LogP contribution in [0.5, 0.6) is 5.88 Å². The van der Waals surface area contributed by atoms with Crippen LogP contribution in [0.15, 0.2) is 42.7 Å². The lowest BCUT2D eigenvalue weighted by molar-refractivity contribution is 0.148. The largest absolute Gasteiger partial charge is 0.474 e. The van der Waals surface area contributed by atoms with Gasteiger partial charge in [-0.25, -0.2) is 15.0 Å². The van der Waals surface area contributed by atoms with E-state index < -0.39 is 0 Å². The predicted molar refractivity (Wildman–Crippen MR) is 117 cm³/mol. The van der Waals surface area contributed by atoms with E-state index in [-0.39, 0.29) is 6.10 Å². The fraction of sp³-hybridized carbons (Fsp3) is 0.435. The van der Waals surface area contributed by atoms with Crippen LogP contribution in [0.4, 0.5) is 5.82 Å². The standard InChI is InChI=1S/C23H28N4OS/c1-17-21(29-18(2)26-17)15-27(14-19-9-5-3-6-10-19)22-13-23(25-16-24-22)28-20-11-7-4-8-12-20/h3,5-6,9-10,13,16,20H,4,7-8,11-12,14-15H2,1-2H3. The highest BCUT2D eigenvalue weighted by Gasteiger charge is 2.18. The van der Waals surface area contributed by atoms with Gasteiger partial charge < -0.3 is 9.64 Å². The Labute approximate surface area is 176 Å².